The largest absolute Gasteiger partial charge is 0.497 e. The van der Waals surface area contributed by atoms with Gasteiger partial charge in [-0.25, -0.2) is 0 Å². The lowest BCUT2D eigenvalue weighted by atomic mass is 10.3. The summed E-state index contributed by atoms with van der Waals surface area (Å²) in [6.07, 6.45) is 0. The Morgan fingerprint density at radius 1 is 1.10 bits per heavy atom. The molecule has 0 unspecified atom stereocenters. The van der Waals surface area contributed by atoms with Gasteiger partial charge in [-0.2, -0.15) is 0 Å². The van der Waals surface area contributed by atoms with Gasteiger partial charge in [-0.1, -0.05) is 0 Å². The number of hydrogen-bond acceptors (Lipinski definition) is 5. The first-order valence-electron chi connectivity index (χ1n) is 6.16. The van der Waals surface area contributed by atoms with Crippen LogP contribution in [0.5, 0.6) is 11.5 Å². The van der Waals surface area contributed by atoms with E-state index < -0.39 is 0 Å². The minimum Gasteiger partial charge on any atom is -0.497 e. The average Bonchev–Trinajstić information content (AvgIpc) is 2.49. The highest BCUT2D eigenvalue weighted by Crippen LogP contribution is 2.16. The number of benzene rings is 1. The van der Waals surface area contributed by atoms with Crippen molar-refractivity contribution in [2.75, 3.05) is 33.4 Å². The zero-order chi connectivity index (χ0) is 14.8. The van der Waals surface area contributed by atoms with E-state index in [1.54, 1.807) is 31.4 Å². The standard InChI is InChI=1S/C13H19N3O4/c1-19-10-2-4-11(5-3-10)20-7-6-15-13(18)9-16-12(17)8-14/h2-5H,6-9,14H2,1H3,(H,15,18)(H,16,17). The second-order valence-corrected chi connectivity index (χ2v) is 3.85. The van der Waals surface area contributed by atoms with Crippen molar-refractivity contribution in [3.05, 3.63) is 24.3 Å². The summed E-state index contributed by atoms with van der Waals surface area (Å²) in [6, 6.07) is 7.14. The molecule has 0 aliphatic heterocycles. The molecule has 4 N–H and O–H groups in total. The molecule has 1 aromatic carbocycles. The number of amides is 2. The molecular weight excluding hydrogens is 262 g/mol. The number of methoxy groups -OCH3 is 1. The van der Waals surface area contributed by atoms with E-state index in [9.17, 15) is 9.59 Å². The molecule has 20 heavy (non-hydrogen) atoms. The lowest BCUT2D eigenvalue weighted by Crippen LogP contribution is -2.40. The quantitative estimate of drug-likeness (QED) is 0.545. The van der Waals surface area contributed by atoms with E-state index in [2.05, 4.69) is 10.6 Å². The normalized spacial score (nSPS) is 9.70. The van der Waals surface area contributed by atoms with Crippen molar-refractivity contribution in [1.29, 1.82) is 0 Å². The van der Waals surface area contributed by atoms with Crippen LogP contribution in [0, 0.1) is 0 Å². The molecule has 0 bridgehead atoms. The number of nitrogens with two attached hydrogens (primary N) is 1. The summed E-state index contributed by atoms with van der Waals surface area (Å²) in [6.45, 7) is 0.471. The van der Waals surface area contributed by atoms with Crippen molar-refractivity contribution in [2.24, 2.45) is 5.73 Å². The van der Waals surface area contributed by atoms with Gasteiger partial charge in [-0.3, -0.25) is 9.59 Å². The topological polar surface area (TPSA) is 103 Å². The Balaban J connectivity index is 2.14. The van der Waals surface area contributed by atoms with Crippen LogP contribution in [0.2, 0.25) is 0 Å². The fraction of sp³-hybridized carbons (Fsp3) is 0.385. The molecule has 0 saturated carbocycles. The molecule has 0 radical (unpaired) electrons. The van der Waals surface area contributed by atoms with Crippen molar-refractivity contribution < 1.29 is 19.1 Å². The third kappa shape index (κ3) is 6.05. The van der Waals surface area contributed by atoms with Gasteiger partial charge < -0.3 is 25.8 Å². The number of ether oxygens (including phenoxy) is 2. The summed E-state index contributed by atoms with van der Waals surface area (Å²) in [4.78, 5) is 22.2. The molecule has 0 aromatic heterocycles. The van der Waals surface area contributed by atoms with E-state index >= 15 is 0 Å². The van der Waals surface area contributed by atoms with Gasteiger partial charge in [0.1, 0.15) is 18.1 Å². The molecule has 0 spiro atoms. The SMILES string of the molecule is COc1ccc(OCCNC(=O)CNC(=O)CN)cc1. The van der Waals surface area contributed by atoms with Crippen molar-refractivity contribution >= 4 is 11.8 Å². The average molecular weight is 281 g/mol. The summed E-state index contributed by atoms with van der Waals surface area (Å²) >= 11 is 0. The van der Waals surface area contributed by atoms with Gasteiger partial charge in [0.15, 0.2) is 0 Å². The number of hydrogen-bond donors (Lipinski definition) is 3. The number of rotatable bonds is 8. The van der Waals surface area contributed by atoms with Gasteiger partial charge in [-0.05, 0) is 24.3 Å². The molecule has 2 amide bonds. The zero-order valence-electron chi connectivity index (χ0n) is 11.3. The second-order valence-electron chi connectivity index (χ2n) is 3.85. The highest BCUT2D eigenvalue weighted by molar-refractivity contribution is 5.85. The van der Waals surface area contributed by atoms with Gasteiger partial charge in [0.25, 0.3) is 0 Å². The van der Waals surface area contributed by atoms with E-state index in [-0.39, 0.29) is 24.9 Å². The molecule has 1 rings (SSSR count). The van der Waals surface area contributed by atoms with Crippen LogP contribution >= 0.6 is 0 Å². The molecule has 0 aliphatic rings. The minimum absolute atomic E-state index is 0.0848. The van der Waals surface area contributed by atoms with Crippen molar-refractivity contribution in [2.45, 2.75) is 0 Å². The van der Waals surface area contributed by atoms with Crippen LogP contribution < -0.4 is 25.8 Å². The smallest absolute Gasteiger partial charge is 0.239 e. The fourth-order valence-corrected chi connectivity index (χ4v) is 1.34. The molecule has 0 fully saturated rings. The lowest BCUT2D eigenvalue weighted by Gasteiger charge is -2.08. The highest BCUT2D eigenvalue weighted by atomic mass is 16.5. The molecule has 0 aliphatic carbocycles. The molecule has 7 nitrogen and oxygen atoms in total. The number of carbonyl (C=O) groups is 2. The van der Waals surface area contributed by atoms with E-state index in [1.165, 1.54) is 0 Å². The van der Waals surface area contributed by atoms with Crippen LogP contribution in [0.25, 0.3) is 0 Å². The maximum absolute atomic E-state index is 11.3. The van der Waals surface area contributed by atoms with Crippen LogP contribution in [0.4, 0.5) is 0 Å². The third-order valence-corrected chi connectivity index (χ3v) is 2.38. The summed E-state index contributed by atoms with van der Waals surface area (Å²) < 4.78 is 10.5. The Morgan fingerprint density at radius 2 is 1.75 bits per heavy atom. The van der Waals surface area contributed by atoms with Crippen molar-refractivity contribution in [3.63, 3.8) is 0 Å². The van der Waals surface area contributed by atoms with Gasteiger partial charge in [0.05, 0.1) is 26.7 Å². The first-order valence-corrected chi connectivity index (χ1v) is 6.16. The maximum atomic E-state index is 11.3. The van der Waals surface area contributed by atoms with E-state index in [0.717, 1.165) is 5.75 Å². The predicted molar refractivity (Wildman–Crippen MR) is 73.6 cm³/mol. The van der Waals surface area contributed by atoms with E-state index in [0.29, 0.717) is 18.9 Å². The van der Waals surface area contributed by atoms with E-state index in [1.807, 2.05) is 0 Å². The Morgan fingerprint density at radius 3 is 2.35 bits per heavy atom. The monoisotopic (exact) mass is 281 g/mol. The molecule has 0 heterocycles. The molecule has 0 saturated heterocycles. The summed E-state index contributed by atoms with van der Waals surface area (Å²) in [5.74, 6) is 0.789. The molecule has 7 heteroatoms. The highest BCUT2D eigenvalue weighted by Gasteiger charge is 2.03. The Hall–Kier alpha value is -2.28. The maximum Gasteiger partial charge on any atom is 0.239 e. The van der Waals surface area contributed by atoms with Crippen LogP contribution in [0.15, 0.2) is 24.3 Å². The lowest BCUT2D eigenvalue weighted by molar-refractivity contribution is -0.125. The summed E-state index contributed by atoms with van der Waals surface area (Å²) in [5.41, 5.74) is 5.09. The van der Waals surface area contributed by atoms with Gasteiger partial charge >= 0.3 is 0 Å². The summed E-state index contributed by atoms with van der Waals surface area (Å²) in [7, 11) is 1.59. The first kappa shape index (κ1) is 15.8. The second kappa shape index (κ2) is 8.76. The van der Waals surface area contributed by atoms with Crippen LogP contribution in [0.1, 0.15) is 0 Å². The Labute approximate surface area is 117 Å². The fourth-order valence-electron chi connectivity index (χ4n) is 1.34. The first-order chi connectivity index (χ1) is 9.65. The molecule has 110 valence electrons. The van der Waals surface area contributed by atoms with E-state index in [4.69, 9.17) is 15.2 Å². The van der Waals surface area contributed by atoms with Gasteiger partial charge in [0.2, 0.25) is 11.8 Å². The minimum atomic E-state index is -0.366. The van der Waals surface area contributed by atoms with Gasteiger partial charge in [0, 0.05) is 0 Å². The Bertz CT molecular complexity index is 434. The zero-order valence-corrected chi connectivity index (χ0v) is 11.3. The van der Waals surface area contributed by atoms with Crippen molar-refractivity contribution in [1.82, 2.24) is 10.6 Å². The van der Waals surface area contributed by atoms with Crippen LogP contribution in [-0.4, -0.2) is 45.2 Å². The Kier molecular flexibility index (Phi) is 6.91. The third-order valence-electron chi connectivity index (χ3n) is 2.38. The van der Waals surface area contributed by atoms with Crippen LogP contribution in [0.3, 0.4) is 0 Å². The summed E-state index contributed by atoms with van der Waals surface area (Å²) in [5, 5.41) is 4.98. The van der Waals surface area contributed by atoms with Gasteiger partial charge in [-0.15, -0.1) is 0 Å². The molecule has 0 atom stereocenters. The molecular formula is C13H19N3O4. The predicted octanol–water partition coefficient (Wildman–Crippen LogP) is -0.735. The number of carbonyl (C=O) groups excluding carboxylic acids is 2. The molecule has 1 aromatic rings. The number of nitrogens with one attached hydrogen (secondary N) is 2. The van der Waals surface area contributed by atoms with Crippen LogP contribution in [-0.2, 0) is 9.59 Å². The van der Waals surface area contributed by atoms with Crippen molar-refractivity contribution in [3.8, 4) is 11.5 Å².